The van der Waals surface area contributed by atoms with E-state index in [1.54, 1.807) is 13.2 Å². The van der Waals surface area contributed by atoms with Crippen LogP contribution in [0.3, 0.4) is 0 Å². The smallest absolute Gasteiger partial charge is 0.271 e. The molecule has 1 N–H and O–H groups in total. The topological polar surface area (TPSA) is 56.2 Å². The second-order valence-corrected chi connectivity index (χ2v) is 6.21. The second kappa shape index (κ2) is 7.59. The Morgan fingerprint density at radius 2 is 2.33 bits per heavy atom. The highest BCUT2D eigenvalue weighted by molar-refractivity contribution is 7.19. The molecule has 2 aromatic heterocycles. The maximum atomic E-state index is 12.1. The van der Waals surface area contributed by atoms with E-state index in [1.807, 2.05) is 16.8 Å². The first-order chi connectivity index (χ1) is 10.2. The van der Waals surface area contributed by atoms with Crippen LogP contribution in [-0.2, 0) is 11.3 Å². The Morgan fingerprint density at radius 3 is 2.95 bits per heavy atom. The van der Waals surface area contributed by atoms with E-state index in [9.17, 15) is 4.79 Å². The Hall–Kier alpha value is -1.37. The molecule has 0 spiro atoms. The molecule has 0 aromatic carbocycles. The number of carbonyl (C=O) groups is 1. The Morgan fingerprint density at radius 1 is 1.52 bits per heavy atom. The number of hydrogen-bond donors (Lipinski definition) is 1. The van der Waals surface area contributed by atoms with Crippen molar-refractivity contribution < 1.29 is 9.53 Å². The van der Waals surface area contributed by atoms with Crippen LogP contribution < -0.4 is 5.32 Å². The van der Waals surface area contributed by atoms with Crippen LogP contribution in [0.25, 0.3) is 10.6 Å². The van der Waals surface area contributed by atoms with Crippen LogP contribution in [0.4, 0.5) is 0 Å². The van der Waals surface area contributed by atoms with Gasteiger partial charge in [-0.15, -0.1) is 11.3 Å². The number of nitrogens with one attached hydrogen (secondary N) is 1. The van der Waals surface area contributed by atoms with Gasteiger partial charge in [0.15, 0.2) is 5.69 Å². The van der Waals surface area contributed by atoms with E-state index >= 15 is 0 Å². The molecular formula is C14H18ClN3O2S. The van der Waals surface area contributed by atoms with Crippen LogP contribution in [-0.4, -0.2) is 35.9 Å². The Balaban J connectivity index is 2.22. The van der Waals surface area contributed by atoms with Crippen molar-refractivity contribution in [3.8, 4) is 10.6 Å². The quantitative estimate of drug-likeness (QED) is 0.795. The maximum Gasteiger partial charge on any atom is 0.271 e. The molecule has 1 amide bonds. The van der Waals surface area contributed by atoms with Crippen molar-refractivity contribution >= 4 is 28.8 Å². The summed E-state index contributed by atoms with van der Waals surface area (Å²) in [6, 6.07) is 5.60. The summed E-state index contributed by atoms with van der Waals surface area (Å²) in [6.07, 6.45) is 0.943. The molecule has 0 atom stereocenters. The number of halogens is 1. The zero-order valence-corrected chi connectivity index (χ0v) is 13.6. The molecule has 0 aliphatic heterocycles. The molecule has 5 nitrogen and oxygen atoms in total. The highest BCUT2D eigenvalue weighted by Crippen LogP contribution is 2.31. The minimum absolute atomic E-state index is 0.189. The zero-order chi connectivity index (χ0) is 15.2. The lowest BCUT2D eigenvalue weighted by atomic mass is 10.3. The van der Waals surface area contributed by atoms with Gasteiger partial charge in [-0.25, -0.2) is 0 Å². The summed E-state index contributed by atoms with van der Waals surface area (Å²) in [5, 5.41) is 7.17. The molecule has 21 heavy (non-hydrogen) atoms. The SMILES string of the molecule is CCCn1nc(C(=O)NCCOC)cc1-c1ccc(Cl)s1. The van der Waals surface area contributed by atoms with Crippen LogP contribution in [0, 0.1) is 0 Å². The third-order valence-electron chi connectivity index (χ3n) is 2.87. The third kappa shape index (κ3) is 4.06. The van der Waals surface area contributed by atoms with Gasteiger partial charge in [-0.2, -0.15) is 5.10 Å². The molecule has 0 aliphatic carbocycles. The molecule has 0 saturated heterocycles. The molecule has 7 heteroatoms. The molecule has 0 unspecified atom stereocenters. The predicted octanol–water partition coefficient (Wildman–Crippen LogP) is 3.05. The number of carbonyl (C=O) groups excluding carboxylic acids is 1. The van der Waals surface area contributed by atoms with Crippen LogP contribution in [0.15, 0.2) is 18.2 Å². The minimum atomic E-state index is -0.189. The van der Waals surface area contributed by atoms with E-state index in [4.69, 9.17) is 16.3 Å². The monoisotopic (exact) mass is 327 g/mol. The largest absolute Gasteiger partial charge is 0.383 e. The van der Waals surface area contributed by atoms with E-state index in [2.05, 4.69) is 17.3 Å². The summed E-state index contributed by atoms with van der Waals surface area (Å²) >= 11 is 7.47. The van der Waals surface area contributed by atoms with Gasteiger partial charge >= 0.3 is 0 Å². The van der Waals surface area contributed by atoms with Gasteiger partial charge < -0.3 is 10.1 Å². The molecule has 0 bridgehead atoms. The van der Waals surface area contributed by atoms with Crippen molar-refractivity contribution in [2.75, 3.05) is 20.3 Å². The fourth-order valence-electron chi connectivity index (χ4n) is 1.92. The number of rotatable bonds is 7. The van der Waals surface area contributed by atoms with Crippen molar-refractivity contribution in [2.24, 2.45) is 0 Å². The van der Waals surface area contributed by atoms with E-state index in [-0.39, 0.29) is 5.91 Å². The Labute approximate surface area is 132 Å². The van der Waals surface area contributed by atoms with Crippen molar-refractivity contribution in [1.82, 2.24) is 15.1 Å². The van der Waals surface area contributed by atoms with Crippen molar-refractivity contribution in [3.63, 3.8) is 0 Å². The van der Waals surface area contributed by atoms with Crippen molar-refractivity contribution in [2.45, 2.75) is 19.9 Å². The first-order valence-electron chi connectivity index (χ1n) is 6.76. The first-order valence-corrected chi connectivity index (χ1v) is 7.95. The lowest BCUT2D eigenvalue weighted by molar-refractivity contribution is 0.0931. The summed E-state index contributed by atoms with van der Waals surface area (Å²) in [5.41, 5.74) is 1.34. The normalized spacial score (nSPS) is 10.8. The number of thiophene rings is 1. The van der Waals surface area contributed by atoms with Gasteiger partial charge in [-0.3, -0.25) is 9.48 Å². The van der Waals surface area contributed by atoms with Crippen LogP contribution in [0.5, 0.6) is 0 Å². The first kappa shape index (κ1) is 16.0. The van der Waals surface area contributed by atoms with Gasteiger partial charge in [0.05, 0.1) is 21.5 Å². The summed E-state index contributed by atoms with van der Waals surface area (Å²) in [5.74, 6) is -0.189. The van der Waals surface area contributed by atoms with Gasteiger partial charge in [0.25, 0.3) is 5.91 Å². The summed E-state index contributed by atoms with van der Waals surface area (Å²) in [6.45, 7) is 3.78. The number of methoxy groups -OCH3 is 1. The van der Waals surface area contributed by atoms with E-state index in [0.717, 1.165) is 27.9 Å². The van der Waals surface area contributed by atoms with Gasteiger partial charge in [0, 0.05) is 20.2 Å². The van der Waals surface area contributed by atoms with E-state index in [1.165, 1.54) is 11.3 Å². The summed E-state index contributed by atoms with van der Waals surface area (Å²) in [4.78, 5) is 13.1. The molecule has 2 aromatic rings. The van der Waals surface area contributed by atoms with Crippen molar-refractivity contribution in [1.29, 1.82) is 0 Å². The fraction of sp³-hybridized carbons (Fsp3) is 0.429. The molecule has 114 valence electrons. The number of hydrogen-bond acceptors (Lipinski definition) is 4. The van der Waals surface area contributed by atoms with Crippen LogP contribution >= 0.6 is 22.9 Å². The van der Waals surface area contributed by atoms with E-state index < -0.39 is 0 Å². The molecule has 0 fully saturated rings. The standard InChI is InChI=1S/C14H18ClN3O2S/c1-3-7-18-11(12-4-5-13(15)21-12)9-10(17-18)14(19)16-6-8-20-2/h4-5,9H,3,6-8H2,1-2H3,(H,16,19). The molecule has 2 heterocycles. The lowest BCUT2D eigenvalue weighted by Crippen LogP contribution is -2.27. The molecule has 0 radical (unpaired) electrons. The van der Waals surface area contributed by atoms with E-state index in [0.29, 0.717) is 18.8 Å². The number of aryl methyl sites for hydroxylation is 1. The maximum absolute atomic E-state index is 12.1. The number of aromatic nitrogens is 2. The second-order valence-electron chi connectivity index (χ2n) is 4.49. The highest BCUT2D eigenvalue weighted by Gasteiger charge is 2.16. The fourth-order valence-corrected chi connectivity index (χ4v) is 2.98. The Kier molecular flexibility index (Phi) is 5.78. The Bertz CT molecular complexity index is 609. The van der Waals surface area contributed by atoms with Gasteiger partial charge in [0.1, 0.15) is 0 Å². The van der Waals surface area contributed by atoms with Gasteiger partial charge in [-0.1, -0.05) is 18.5 Å². The predicted molar refractivity (Wildman–Crippen MR) is 85.1 cm³/mol. The number of nitrogens with zero attached hydrogens (tertiary/aromatic N) is 2. The molecule has 0 saturated carbocycles. The van der Waals surface area contributed by atoms with Crippen LogP contribution in [0.1, 0.15) is 23.8 Å². The number of amides is 1. The minimum Gasteiger partial charge on any atom is -0.383 e. The summed E-state index contributed by atoms with van der Waals surface area (Å²) < 4.78 is 7.49. The summed E-state index contributed by atoms with van der Waals surface area (Å²) in [7, 11) is 1.60. The van der Waals surface area contributed by atoms with Gasteiger partial charge in [0.2, 0.25) is 0 Å². The lowest BCUT2D eigenvalue weighted by Gasteiger charge is -2.03. The number of ether oxygens (including phenoxy) is 1. The molecule has 0 aliphatic rings. The molecule has 2 rings (SSSR count). The zero-order valence-electron chi connectivity index (χ0n) is 12.1. The highest BCUT2D eigenvalue weighted by atomic mass is 35.5. The average Bonchev–Trinajstić information content (AvgIpc) is 3.06. The van der Waals surface area contributed by atoms with Gasteiger partial charge in [-0.05, 0) is 24.6 Å². The average molecular weight is 328 g/mol. The van der Waals surface area contributed by atoms with Crippen molar-refractivity contribution in [3.05, 3.63) is 28.2 Å². The molecular weight excluding hydrogens is 310 g/mol. The van der Waals surface area contributed by atoms with Crippen LogP contribution in [0.2, 0.25) is 4.34 Å². The third-order valence-corrected chi connectivity index (χ3v) is 4.12.